The molecule has 0 saturated heterocycles. The summed E-state index contributed by atoms with van der Waals surface area (Å²) in [5.74, 6) is 3.65. The van der Waals surface area contributed by atoms with Crippen LogP contribution in [0.25, 0.3) is 0 Å². The number of nitrogens with one attached hydrogen (secondary N) is 1. The summed E-state index contributed by atoms with van der Waals surface area (Å²) in [6.07, 6.45) is 9.71. The number of nitrogens with zero attached hydrogens (tertiary/aromatic N) is 3. The molecule has 1 heterocycles. The predicted molar refractivity (Wildman–Crippen MR) is 71.7 cm³/mol. The minimum absolute atomic E-state index is 0.433. The molecule has 0 saturated carbocycles. The summed E-state index contributed by atoms with van der Waals surface area (Å²) in [5, 5.41) is 3.04. The zero-order chi connectivity index (χ0) is 12.7. The molecule has 0 aromatic carbocycles. The molecular weight excluding hydrogens is 212 g/mol. The van der Waals surface area contributed by atoms with E-state index >= 15 is 0 Å². The third kappa shape index (κ3) is 3.87. The maximum Gasteiger partial charge on any atom is 0.156 e. The molecule has 0 fully saturated rings. The molecule has 0 radical (unpaired) electrons. The van der Waals surface area contributed by atoms with Crippen molar-refractivity contribution in [2.45, 2.75) is 27.2 Å². The lowest BCUT2D eigenvalue weighted by Crippen LogP contribution is -2.03. The van der Waals surface area contributed by atoms with E-state index in [1.165, 1.54) is 6.33 Å². The van der Waals surface area contributed by atoms with Gasteiger partial charge >= 0.3 is 0 Å². The first-order valence-corrected chi connectivity index (χ1v) is 5.72. The fraction of sp³-hybridized carbons (Fsp3) is 0.462. The molecule has 0 amide bonds. The van der Waals surface area contributed by atoms with E-state index < -0.39 is 0 Å². The second-order valence-electron chi connectivity index (χ2n) is 3.88. The molecule has 4 heteroatoms. The molecule has 1 rings (SSSR count). The van der Waals surface area contributed by atoms with Gasteiger partial charge in [-0.1, -0.05) is 19.8 Å². The van der Waals surface area contributed by atoms with E-state index in [4.69, 9.17) is 6.42 Å². The second-order valence-corrected chi connectivity index (χ2v) is 3.88. The predicted octanol–water partition coefficient (Wildman–Crippen LogP) is 2.58. The van der Waals surface area contributed by atoms with Crippen LogP contribution < -0.4 is 5.32 Å². The highest BCUT2D eigenvalue weighted by molar-refractivity contribution is 5.72. The zero-order valence-electron chi connectivity index (χ0n) is 10.6. The SMILES string of the molecule is C#CCNc1ncnc(C)c1N=CC(C)CC. The normalized spacial score (nSPS) is 12.4. The Kier molecular flexibility index (Phi) is 5.15. The second kappa shape index (κ2) is 6.64. The number of hydrogen-bond donors (Lipinski definition) is 1. The maximum atomic E-state index is 5.21. The number of terminal acetylenes is 1. The third-order valence-electron chi connectivity index (χ3n) is 2.47. The Labute approximate surface area is 103 Å². The largest absolute Gasteiger partial charge is 0.357 e. The van der Waals surface area contributed by atoms with Crippen LogP contribution in [0.15, 0.2) is 11.3 Å². The van der Waals surface area contributed by atoms with Crippen LogP contribution >= 0.6 is 0 Å². The smallest absolute Gasteiger partial charge is 0.156 e. The van der Waals surface area contributed by atoms with Crippen molar-refractivity contribution in [2.75, 3.05) is 11.9 Å². The van der Waals surface area contributed by atoms with E-state index in [-0.39, 0.29) is 0 Å². The summed E-state index contributed by atoms with van der Waals surface area (Å²) in [6, 6.07) is 0. The van der Waals surface area contributed by atoms with E-state index in [9.17, 15) is 0 Å². The van der Waals surface area contributed by atoms with Crippen LogP contribution in [-0.2, 0) is 0 Å². The van der Waals surface area contributed by atoms with Gasteiger partial charge in [-0.25, -0.2) is 9.97 Å². The van der Waals surface area contributed by atoms with Crippen LogP contribution in [-0.4, -0.2) is 22.7 Å². The lowest BCUT2D eigenvalue weighted by Gasteiger charge is -2.07. The van der Waals surface area contributed by atoms with E-state index in [2.05, 4.69) is 40.0 Å². The molecular formula is C13H18N4. The monoisotopic (exact) mass is 230 g/mol. The highest BCUT2D eigenvalue weighted by Gasteiger charge is 2.06. The first kappa shape index (κ1) is 13.2. The summed E-state index contributed by atoms with van der Waals surface area (Å²) in [4.78, 5) is 12.7. The van der Waals surface area contributed by atoms with Gasteiger partial charge in [0.2, 0.25) is 0 Å². The molecule has 0 bridgehead atoms. The van der Waals surface area contributed by atoms with Crippen LogP contribution in [0.5, 0.6) is 0 Å². The van der Waals surface area contributed by atoms with Gasteiger partial charge in [0, 0.05) is 6.21 Å². The van der Waals surface area contributed by atoms with Crippen LogP contribution in [0.1, 0.15) is 26.0 Å². The average Bonchev–Trinajstić information content (AvgIpc) is 2.34. The zero-order valence-corrected chi connectivity index (χ0v) is 10.6. The summed E-state index contributed by atoms with van der Waals surface area (Å²) < 4.78 is 0. The van der Waals surface area contributed by atoms with Gasteiger partial charge < -0.3 is 5.32 Å². The van der Waals surface area contributed by atoms with E-state index in [0.29, 0.717) is 18.3 Å². The number of aliphatic imine (C=N–C) groups is 1. The van der Waals surface area contributed by atoms with Gasteiger partial charge in [-0.2, -0.15) is 0 Å². The lowest BCUT2D eigenvalue weighted by atomic mass is 10.1. The number of aromatic nitrogens is 2. The average molecular weight is 230 g/mol. The van der Waals surface area contributed by atoms with Crippen molar-refractivity contribution in [3.8, 4) is 12.3 Å². The van der Waals surface area contributed by atoms with Gasteiger partial charge in [-0.15, -0.1) is 6.42 Å². The van der Waals surface area contributed by atoms with Crippen molar-refractivity contribution < 1.29 is 0 Å². The summed E-state index contributed by atoms with van der Waals surface area (Å²) >= 11 is 0. The fourth-order valence-corrected chi connectivity index (χ4v) is 1.19. The van der Waals surface area contributed by atoms with Crippen LogP contribution in [0, 0.1) is 25.2 Å². The Hall–Kier alpha value is -1.89. The molecule has 1 aromatic heterocycles. The Bertz CT molecular complexity index is 432. The minimum Gasteiger partial charge on any atom is -0.357 e. The van der Waals surface area contributed by atoms with Gasteiger partial charge in [0.1, 0.15) is 12.0 Å². The lowest BCUT2D eigenvalue weighted by molar-refractivity contribution is 0.754. The topological polar surface area (TPSA) is 50.2 Å². The molecule has 1 aromatic rings. The minimum atomic E-state index is 0.433. The van der Waals surface area contributed by atoms with Crippen molar-refractivity contribution in [2.24, 2.45) is 10.9 Å². The van der Waals surface area contributed by atoms with Gasteiger partial charge in [0.25, 0.3) is 0 Å². The Morgan fingerprint density at radius 3 is 3.00 bits per heavy atom. The van der Waals surface area contributed by atoms with Crippen molar-refractivity contribution in [1.82, 2.24) is 9.97 Å². The summed E-state index contributed by atoms with van der Waals surface area (Å²) in [5.41, 5.74) is 1.61. The van der Waals surface area contributed by atoms with Crippen LogP contribution in [0.3, 0.4) is 0 Å². The van der Waals surface area contributed by atoms with Gasteiger partial charge in [0.05, 0.1) is 12.2 Å². The molecule has 17 heavy (non-hydrogen) atoms. The standard InChI is InChI=1S/C13H18N4/c1-5-7-14-13-12(11(4)16-9-17-13)15-8-10(3)6-2/h1,8-10H,6-7H2,2-4H3,(H,14,16,17). The highest BCUT2D eigenvalue weighted by atomic mass is 15.0. The van der Waals surface area contributed by atoms with E-state index in [0.717, 1.165) is 17.8 Å². The molecule has 1 N–H and O–H groups in total. The fourth-order valence-electron chi connectivity index (χ4n) is 1.19. The third-order valence-corrected chi connectivity index (χ3v) is 2.47. The maximum absolute atomic E-state index is 5.21. The van der Waals surface area contributed by atoms with Crippen molar-refractivity contribution in [3.63, 3.8) is 0 Å². The highest BCUT2D eigenvalue weighted by Crippen LogP contribution is 2.24. The summed E-state index contributed by atoms with van der Waals surface area (Å²) in [7, 11) is 0. The number of aryl methyl sites for hydroxylation is 1. The molecule has 1 atom stereocenters. The van der Waals surface area contributed by atoms with E-state index in [1.807, 2.05) is 13.1 Å². The van der Waals surface area contributed by atoms with E-state index in [1.54, 1.807) is 0 Å². The van der Waals surface area contributed by atoms with Crippen LogP contribution in [0.2, 0.25) is 0 Å². The Balaban J connectivity index is 2.95. The molecule has 0 aliphatic carbocycles. The van der Waals surface area contributed by atoms with Gasteiger partial charge in [-0.05, 0) is 19.3 Å². The van der Waals surface area contributed by atoms with Crippen LogP contribution in [0.4, 0.5) is 11.5 Å². The first-order chi connectivity index (χ1) is 8.19. The van der Waals surface area contributed by atoms with Crippen molar-refractivity contribution in [1.29, 1.82) is 0 Å². The summed E-state index contributed by atoms with van der Waals surface area (Å²) in [6.45, 7) is 6.59. The first-order valence-electron chi connectivity index (χ1n) is 5.72. The number of rotatable bonds is 5. The molecule has 1 unspecified atom stereocenters. The van der Waals surface area contributed by atoms with Gasteiger partial charge in [-0.3, -0.25) is 4.99 Å². The number of hydrogen-bond acceptors (Lipinski definition) is 4. The molecule has 0 aliphatic heterocycles. The molecule has 4 nitrogen and oxygen atoms in total. The van der Waals surface area contributed by atoms with Crippen molar-refractivity contribution in [3.05, 3.63) is 12.0 Å². The van der Waals surface area contributed by atoms with Crippen molar-refractivity contribution >= 4 is 17.7 Å². The molecule has 90 valence electrons. The Morgan fingerprint density at radius 2 is 2.35 bits per heavy atom. The van der Waals surface area contributed by atoms with Gasteiger partial charge in [0.15, 0.2) is 5.82 Å². The Morgan fingerprint density at radius 1 is 1.59 bits per heavy atom. The number of anilines is 1. The molecule has 0 spiro atoms. The quantitative estimate of drug-likeness (QED) is 0.624. The molecule has 0 aliphatic rings.